The average molecular weight is 295 g/mol. The summed E-state index contributed by atoms with van der Waals surface area (Å²) in [6.45, 7) is 0.550. The Hall–Kier alpha value is -1.89. The molecule has 3 N–H and O–H groups in total. The molecule has 1 aromatic heterocycles. The van der Waals surface area contributed by atoms with E-state index in [1.165, 1.54) is 12.3 Å². The maximum Gasteiger partial charge on any atom is 0.328 e. The number of nitrogens with zero attached hydrogens (tertiary/aromatic N) is 1. The first kappa shape index (κ1) is 15.5. The van der Waals surface area contributed by atoms with Crippen molar-refractivity contribution < 1.29 is 9.90 Å². The van der Waals surface area contributed by atoms with Crippen LogP contribution in [0, 0.1) is 11.8 Å². The van der Waals surface area contributed by atoms with Crippen LogP contribution < -0.4 is 16.6 Å². The van der Waals surface area contributed by atoms with E-state index in [1.54, 1.807) is 0 Å². The van der Waals surface area contributed by atoms with Gasteiger partial charge in [0.15, 0.2) is 0 Å². The minimum absolute atomic E-state index is 0.119. The van der Waals surface area contributed by atoms with E-state index in [0.29, 0.717) is 12.5 Å². The predicted octanol–water partition coefficient (Wildman–Crippen LogP) is -0.548. The lowest BCUT2D eigenvalue weighted by molar-refractivity contribution is -0.122. The molecule has 1 aliphatic carbocycles. The van der Waals surface area contributed by atoms with Crippen molar-refractivity contribution in [2.24, 2.45) is 11.8 Å². The first-order valence-electron chi connectivity index (χ1n) is 7.27. The molecular formula is C14H21N3O4. The van der Waals surface area contributed by atoms with Gasteiger partial charge >= 0.3 is 5.69 Å². The lowest BCUT2D eigenvalue weighted by Gasteiger charge is -2.30. The van der Waals surface area contributed by atoms with Crippen molar-refractivity contribution in [1.82, 2.24) is 14.9 Å². The molecular weight excluding hydrogens is 274 g/mol. The van der Waals surface area contributed by atoms with Crippen LogP contribution in [0.15, 0.2) is 21.9 Å². The third-order valence-corrected chi connectivity index (χ3v) is 4.07. The van der Waals surface area contributed by atoms with Gasteiger partial charge in [-0.25, -0.2) is 4.79 Å². The van der Waals surface area contributed by atoms with Gasteiger partial charge in [0, 0.05) is 25.4 Å². The zero-order valence-electron chi connectivity index (χ0n) is 11.9. The summed E-state index contributed by atoms with van der Waals surface area (Å²) in [6.07, 6.45) is 5.55. The molecule has 21 heavy (non-hydrogen) atoms. The second kappa shape index (κ2) is 7.21. The summed E-state index contributed by atoms with van der Waals surface area (Å²) in [5.74, 6) is 0.265. The Bertz CT molecular complexity index is 592. The van der Waals surface area contributed by atoms with Crippen molar-refractivity contribution in [3.8, 4) is 0 Å². The van der Waals surface area contributed by atoms with Crippen molar-refractivity contribution in [3.63, 3.8) is 0 Å². The first-order chi connectivity index (χ1) is 10.1. The highest BCUT2D eigenvalue weighted by molar-refractivity contribution is 5.75. The normalized spacial score (nSPS) is 22.0. The zero-order valence-corrected chi connectivity index (χ0v) is 11.9. The lowest BCUT2D eigenvalue weighted by atomic mass is 9.79. The van der Waals surface area contributed by atoms with Gasteiger partial charge in [-0.3, -0.25) is 19.1 Å². The van der Waals surface area contributed by atoms with Crippen LogP contribution in [-0.4, -0.2) is 33.7 Å². The number of aliphatic hydroxyl groups excluding tert-OH is 1. The molecule has 1 heterocycles. The van der Waals surface area contributed by atoms with E-state index in [1.807, 2.05) is 0 Å². The molecule has 1 amide bonds. The maximum atomic E-state index is 11.9. The number of hydrogen-bond acceptors (Lipinski definition) is 4. The largest absolute Gasteiger partial charge is 0.396 e. The van der Waals surface area contributed by atoms with E-state index in [2.05, 4.69) is 10.3 Å². The highest BCUT2D eigenvalue weighted by atomic mass is 16.3. The summed E-state index contributed by atoms with van der Waals surface area (Å²) in [4.78, 5) is 36.4. The molecule has 1 aliphatic rings. The average Bonchev–Trinajstić information content (AvgIpc) is 2.48. The van der Waals surface area contributed by atoms with Crippen molar-refractivity contribution in [3.05, 3.63) is 33.1 Å². The van der Waals surface area contributed by atoms with Gasteiger partial charge in [-0.15, -0.1) is 0 Å². The number of aromatic nitrogens is 2. The van der Waals surface area contributed by atoms with Gasteiger partial charge in [-0.05, 0) is 24.7 Å². The fourth-order valence-corrected chi connectivity index (χ4v) is 2.82. The second-order valence-corrected chi connectivity index (χ2v) is 5.53. The molecule has 0 saturated heterocycles. The molecule has 1 fully saturated rings. The number of carbonyl (C=O) groups excluding carboxylic acids is 1. The van der Waals surface area contributed by atoms with Crippen LogP contribution in [0.4, 0.5) is 0 Å². The molecule has 2 rings (SSSR count). The number of aliphatic hydroxyl groups is 1. The van der Waals surface area contributed by atoms with Crippen molar-refractivity contribution in [2.45, 2.75) is 32.2 Å². The number of H-pyrrole nitrogens is 1. The summed E-state index contributed by atoms with van der Waals surface area (Å²) in [7, 11) is 0. The van der Waals surface area contributed by atoms with E-state index < -0.39 is 11.2 Å². The molecule has 1 saturated carbocycles. The lowest BCUT2D eigenvalue weighted by Crippen LogP contribution is -2.39. The monoisotopic (exact) mass is 295 g/mol. The molecule has 2 unspecified atom stereocenters. The van der Waals surface area contributed by atoms with Crippen molar-refractivity contribution in [2.75, 3.05) is 13.2 Å². The Morgan fingerprint density at radius 3 is 2.71 bits per heavy atom. The smallest absolute Gasteiger partial charge is 0.328 e. The fourth-order valence-electron chi connectivity index (χ4n) is 2.82. The van der Waals surface area contributed by atoms with E-state index in [0.717, 1.165) is 30.3 Å². The number of carbonyl (C=O) groups is 1. The van der Waals surface area contributed by atoms with E-state index >= 15 is 0 Å². The van der Waals surface area contributed by atoms with E-state index in [9.17, 15) is 19.5 Å². The van der Waals surface area contributed by atoms with Gasteiger partial charge in [0.25, 0.3) is 5.56 Å². The third-order valence-electron chi connectivity index (χ3n) is 4.07. The number of nitrogens with one attached hydrogen (secondary N) is 2. The summed E-state index contributed by atoms with van der Waals surface area (Å²) in [6, 6.07) is 1.21. The Morgan fingerprint density at radius 2 is 2.05 bits per heavy atom. The Balaban J connectivity index is 1.87. The quantitative estimate of drug-likeness (QED) is 0.678. The number of aromatic amines is 1. The summed E-state index contributed by atoms with van der Waals surface area (Å²) < 4.78 is 1.15. The van der Waals surface area contributed by atoms with Gasteiger partial charge in [-0.1, -0.05) is 12.8 Å². The van der Waals surface area contributed by atoms with E-state index in [4.69, 9.17) is 0 Å². The highest BCUT2D eigenvalue weighted by Crippen LogP contribution is 2.28. The molecule has 0 radical (unpaired) electrons. The topological polar surface area (TPSA) is 104 Å². The van der Waals surface area contributed by atoms with Crippen LogP contribution in [0.1, 0.15) is 25.7 Å². The summed E-state index contributed by atoms with van der Waals surface area (Å²) in [5, 5.41) is 12.1. The highest BCUT2D eigenvalue weighted by Gasteiger charge is 2.24. The summed E-state index contributed by atoms with van der Waals surface area (Å²) >= 11 is 0. The molecule has 0 aliphatic heterocycles. The third kappa shape index (κ3) is 4.29. The number of amides is 1. The van der Waals surface area contributed by atoms with E-state index in [-0.39, 0.29) is 25.0 Å². The number of hydrogen-bond donors (Lipinski definition) is 3. The Labute approximate surface area is 122 Å². The molecule has 0 aromatic carbocycles. The molecule has 7 nitrogen and oxygen atoms in total. The van der Waals surface area contributed by atoms with Gasteiger partial charge in [0.05, 0.1) is 0 Å². The van der Waals surface area contributed by atoms with Gasteiger partial charge in [-0.2, -0.15) is 0 Å². The van der Waals surface area contributed by atoms with Crippen LogP contribution >= 0.6 is 0 Å². The molecule has 2 atom stereocenters. The van der Waals surface area contributed by atoms with Crippen LogP contribution in [0.5, 0.6) is 0 Å². The molecule has 0 bridgehead atoms. The van der Waals surface area contributed by atoms with Gasteiger partial charge in [0.1, 0.15) is 6.54 Å². The van der Waals surface area contributed by atoms with Crippen LogP contribution in [0.2, 0.25) is 0 Å². The maximum absolute atomic E-state index is 11.9. The van der Waals surface area contributed by atoms with Crippen molar-refractivity contribution >= 4 is 5.91 Å². The molecule has 7 heteroatoms. The van der Waals surface area contributed by atoms with Crippen molar-refractivity contribution in [1.29, 1.82) is 0 Å². The van der Waals surface area contributed by atoms with Crippen LogP contribution in [0.25, 0.3) is 0 Å². The predicted molar refractivity (Wildman–Crippen MR) is 76.9 cm³/mol. The van der Waals surface area contributed by atoms with Crippen LogP contribution in [-0.2, 0) is 11.3 Å². The fraction of sp³-hybridized carbons (Fsp3) is 0.643. The molecule has 116 valence electrons. The number of rotatable bonds is 5. The first-order valence-corrected chi connectivity index (χ1v) is 7.27. The van der Waals surface area contributed by atoms with Gasteiger partial charge < -0.3 is 10.4 Å². The molecule has 0 spiro atoms. The minimum atomic E-state index is -0.594. The zero-order chi connectivity index (χ0) is 15.2. The standard InChI is InChI=1S/C14H21N3O4/c18-9-11-4-2-1-3-10(11)7-15-13(20)8-17-6-5-12(19)16-14(17)21/h5-6,10-11,18H,1-4,7-9H2,(H,15,20)(H,16,19,21). The van der Waals surface area contributed by atoms with Crippen LogP contribution in [0.3, 0.4) is 0 Å². The summed E-state index contributed by atoms with van der Waals surface area (Å²) in [5.41, 5.74) is -1.08. The Morgan fingerprint density at radius 1 is 1.33 bits per heavy atom. The Kier molecular flexibility index (Phi) is 5.32. The van der Waals surface area contributed by atoms with Gasteiger partial charge in [0.2, 0.25) is 5.91 Å². The minimum Gasteiger partial charge on any atom is -0.396 e. The molecule has 1 aromatic rings. The SMILES string of the molecule is O=C(Cn1ccc(=O)[nH]c1=O)NCC1CCCCC1CO. The second-order valence-electron chi connectivity index (χ2n) is 5.53.